The van der Waals surface area contributed by atoms with Crippen molar-refractivity contribution in [3.63, 3.8) is 0 Å². The van der Waals surface area contributed by atoms with Gasteiger partial charge in [0, 0.05) is 19.0 Å². The number of para-hydroxylation sites is 1. The molecule has 0 aliphatic heterocycles. The maximum Gasteiger partial charge on any atom is 0.232 e. The SMILES string of the molecule is CC(C)Oc1cccc(N(CCCC(=O)NCCOc2ccccc2Cl)S(C)(=O)=O)c1. The quantitative estimate of drug-likeness (QED) is 0.478. The standard InChI is InChI=1S/C22H29ClN2O5S/c1-17(2)30-19-9-6-8-18(16-19)25(31(3,27)28)14-7-12-22(26)24-13-15-29-21-11-5-4-10-20(21)23/h4-6,8-11,16-17H,7,12-15H2,1-3H3,(H,24,26). The van der Waals surface area contributed by atoms with Crippen LogP contribution in [-0.2, 0) is 14.8 Å². The van der Waals surface area contributed by atoms with E-state index in [1.165, 1.54) is 4.31 Å². The van der Waals surface area contributed by atoms with E-state index >= 15 is 0 Å². The fourth-order valence-corrected chi connectivity index (χ4v) is 4.00. The van der Waals surface area contributed by atoms with Crippen LogP contribution in [-0.4, -0.2) is 46.4 Å². The Morgan fingerprint density at radius 2 is 1.90 bits per heavy atom. The summed E-state index contributed by atoms with van der Waals surface area (Å²) in [5.41, 5.74) is 0.509. The molecule has 0 saturated heterocycles. The van der Waals surface area contributed by atoms with E-state index in [-0.39, 0.29) is 31.6 Å². The van der Waals surface area contributed by atoms with Gasteiger partial charge in [-0.1, -0.05) is 29.8 Å². The summed E-state index contributed by atoms with van der Waals surface area (Å²) in [6.07, 6.45) is 1.70. The predicted molar refractivity (Wildman–Crippen MR) is 124 cm³/mol. The number of ether oxygens (including phenoxy) is 2. The lowest BCUT2D eigenvalue weighted by Crippen LogP contribution is -2.33. The number of sulfonamides is 1. The monoisotopic (exact) mass is 468 g/mol. The number of hydrogen-bond acceptors (Lipinski definition) is 5. The van der Waals surface area contributed by atoms with Gasteiger partial charge in [-0.15, -0.1) is 0 Å². The van der Waals surface area contributed by atoms with Crippen LogP contribution >= 0.6 is 11.6 Å². The lowest BCUT2D eigenvalue weighted by molar-refractivity contribution is -0.121. The molecule has 170 valence electrons. The normalized spacial score (nSPS) is 11.3. The number of amides is 1. The van der Waals surface area contributed by atoms with Gasteiger partial charge in [-0.2, -0.15) is 0 Å². The lowest BCUT2D eigenvalue weighted by Gasteiger charge is -2.23. The van der Waals surface area contributed by atoms with Crippen LogP contribution in [0.15, 0.2) is 48.5 Å². The highest BCUT2D eigenvalue weighted by atomic mass is 35.5. The summed E-state index contributed by atoms with van der Waals surface area (Å²) in [4.78, 5) is 12.1. The first-order valence-electron chi connectivity index (χ1n) is 10.1. The Labute approximate surface area is 189 Å². The van der Waals surface area contributed by atoms with E-state index in [4.69, 9.17) is 21.1 Å². The summed E-state index contributed by atoms with van der Waals surface area (Å²) < 4.78 is 37.0. The van der Waals surface area contributed by atoms with Crippen molar-refractivity contribution in [3.05, 3.63) is 53.6 Å². The Morgan fingerprint density at radius 3 is 2.58 bits per heavy atom. The fraction of sp³-hybridized carbons (Fsp3) is 0.409. The highest BCUT2D eigenvalue weighted by molar-refractivity contribution is 7.92. The molecule has 0 spiro atoms. The Balaban J connectivity index is 1.82. The molecule has 0 heterocycles. The minimum atomic E-state index is -3.50. The van der Waals surface area contributed by atoms with Crippen molar-refractivity contribution in [2.45, 2.75) is 32.8 Å². The third kappa shape index (κ3) is 8.67. The Bertz CT molecular complexity index is 966. The number of nitrogens with one attached hydrogen (secondary N) is 1. The molecule has 31 heavy (non-hydrogen) atoms. The lowest BCUT2D eigenvalue weighted by atomic mass is 10.2. The number of benzene rings is 2. The molecule has 0 fully saturated rings. The summed E-state index contributed by atoms with van der Waals surface area (Å²) in [6.45, 7) is 4.60. The number of halogens is 1. The molecule has 0 aromatic heterocycles. The van der Waals surface area contributed by atoms with E-state index in [0.717, 1.165) is 6.26 Å². The van der Waals surface area contributed by atoms with Crippen LogP contribution in [0.2, 0.25) is 5.02 Å². The zero-order valence-corrected chi connectivity index (χ0v) is 19.6. The number of carbonyl (C=O) groups excluding carboxylic acids is 1. The van der Waals surface area contributed by atoms with Crippen molar-refractivity contribution in [1.82, 2.24) is 5.32 Å². The van der Waals surface area contributed by atoms with Crippen LogP contribution in [0.1, 0.15) is 26.7 Å². The largest absolute Gasteiger partial charge is 0.491 e. The number of rotatable bonds is 12. The highest BCUT2D eigenvalue weighted by Crippen LogP contribution is 2.25. The van der Waals surface area contributed by atoms with Crippen LogP contribution in [0.25, 0.3) is 0 Å². The van der Waals surface area contributed by atoms with E-state index in [2.05, 4.69) is 5.32 Å². The first-order chi connectivity index (χ1) is 14.7. The van der Waals surface area contributed by atoms with Gasteiger partial charge in [0.2, 0.25) is 15.9 Å². The van der Waals surface area contributed by atoms with Crippen LogP contribution in [0.5, 0.6) is 11.5 Å². The maximum absolute atomic E-state index is 12.3. The Morgan fingerprint density at radius 1 is 1.16 bits per heavy atom. The molecule has 7 nitrogen and oxygen atoms in total. The summed E-state index contributed by atoms with van der Waals surface area (Å²) in [7, 11) is -3.50. The van der Waals surface area contributed by atoms with Crippen molar-refractivity contribution in [1.29, 1.82) is 0 Å². The van der Waals surface area contributed by atoms with Crippen molar-refractivity contribution < 1.29 is 22.7 Å². The summed E-state index contributed by atoms with van der Waals surface area (Å²) in [5, 5.41) is 3.27. The average molecular weight is 469 g/mol. The summed E-state index contributed by atoms with van der Waals surface area (Å²) >= 11 is 6.01. The van der Waals surface area contributed by atoms with Crippen molar-refractivity contribution in [2.24, 2.45) is 0 Å². The van der Waals surface area contributed by atoms with Gasteiger partial charge in [-0.25, -0.2) is 8.42 Å². The summed E-state index contributed by atoms with van der Waals surface area (Å²) in [6, 6.07) is 14.0. The fourth-order valence-electron chi connectivity index (χ4n) is 2.86. The molecule has 0 radical (unpaired) electrons. The number of hydrogen-bond donors (Lipinski definition) is 1. The molecule has 1 amide bonds. The van der Waals surface area contributed by atoms with Crippen LogP contribution < -0.4 is 19.1 Å². The van der Waals surface area contributed by atoms with Gasteiger partial charge in [-0.05, 0) is 44.5 Å². The van der Waals surface area contributed by atoms with E-state index < -0.39 is 10.0 Å². The Hall–Kier alpha value is -2.45. The van der Waals surface area contributed by atoms with Crippen molar-refractivity contribution in [3.8, 4) is 11.5 Å². The molecule has 0 atom stereocenters. The smallest absolute Gasteiger partial charge is 0.232 e. The molecule has 1 N–H and O–H groups in total. The molecule has 0 saturated carbocycles. The minimum absolute atomic E-state index is 0.0208. The van der Waals surface area contributed by atoms with Gasteiger partial charge in [0.25, 0.3) is 0 Å². The second kappa shape index (κ2) is 11.8. The van der Waals surface area contributed by atoms with Gasteiger partial charge in [0.05, 0.1) is 29.6 Å². The molecule has 2 aromatic carbocycles. The first kappa shape index (κ1) is 24.8. The van der Waals surface area contributed by atoms with E-state index in [1.54, 1.807) is 36.4 Å². The van der Waals surface area contributed by atoms with E-state index in [9.17, 15) is 13.2 Å². The molecular formula is C22H29ClN2O5S. The number of nitrogens with zero attached hydrogens (tertiary/aromatic N) is 1. The Kier molecular flexibility index (Phi) is 9.45. The maximum atomic E-state index is 12.3. The van der Waals surface area contributed by atoms with Gasteiger partial charge >= 0.3 is 0 Å². The third-order valence-corrected chi connectivity index (χ3v) is 5.67. The molecule has 0 bridgehead atoms. The molecular weight excluding hydrogens is 440 g/mol. The third-order valence-electron chi connectivity index (χ3n) is 4.16. The van der Waals surface area contributed by atoms with Crippen LogP contribution in [0, 0.1) is 0 Å². The van der Waals surface area contributed by atoms with Crippen molar-refractivity contribution >= 4 is 33.2 Å². The van der Waals surface area contributed by atoms with E-state index in [1.807, 2.05) is 26.0 Å². The van der Waals surface area contributed by atoms with Gasteiger partial charge < -0.3 is 14.8 Å². The second-order valence-corrected chi connectivity index (χ2v) is 9.55. The van der Waals surface area contributed by atoms with E-state index in [0.29, 0.717) is 35.2 Å². The molecule has 2 aromatic rings. The van der Waals surface area contributed by atoms with Gasteiger partial charge in [0.1, 0.15) is 18.1 Å². The highest BCUT2D eigenvalue weighted by Gasteiger charge is 2.18. The topological polar surface area (TPSA) is 84.9 Å². The molecule has 9 heteroatoms. The molecule has 2 rings (SSSR count). The average Bonchev–Trinajstić information content (AvgIpc) is 2.68. The zero-order valence-electron chi connectivity index (χ0n) is 18.0. The number of carbonyl (C=O) groups is 1. The van der Waals surface area contributed by atoms with Gasteiger partial charge in [-0.3, -0.25) is 9.10 Å². The zero-order chi connectivity index (χ0) is 22.9. The second-order valence-electron chi connectivity index (χ2n) is 7.23. The minimum Gasteiger partial charge on any atom is -0.491 e. The van der Waals surface area contributed by atoms with Crippen LogP contribution in [0.4, 0.5) is 5.69 Å². The van der Waals surface area contributed by atoms with Crippen molar-refractivity contribution in [2.75, 3.05) is 30.3 Å². The molecule has 0 unspecified atom stereocenters. The van der Waals surface area contributed by atoms with Crippen LogP contribution in [0.3, 0.4) is 0 Å². The number of anilines is 1. The molecule has 0 aliphatic carbocycles. The predicted octanol–water partition coefficient (Wildman–Crippen LogP) is 3.87. The molecule has 0 aliphatic rings. The van der Waals surface area contributed by atoms with Gasteiger partial charge in [0.15, 0.2) is 0 Å². The summed E-state index contributed by atoms with van der Waals surface area (Å²) in [5.74, 6) is 0.983. The first-order valence-corrected chi connectivity index (χ1v) is 12.3.